The molecule has 9 nitrogen and oxygen atoms in total. The van der Waals surface area contributed by atoms with Crippen molar-refractivity contribution in [1.82, 2.24) is 20.1 Å². The summed E-state index contributed by atoms with van der Waals surface area (Å²) in [5.74, 6) is -1.11. The molecule has 4 rings (SSSR count). The van der Waals surface area contributed by atoms with Gasteiger partial charge in [-0.2, -0.15) is 0 Å². The van der Waals surface area contributed by atoms with Crippen LogP contribution in [-0.4, -0.2) is 44.4 Å². The number of carbonyl (C=O) groups is 3. The number of aromatic nitrogens is 3. The van der Waals surface area contributed by atoms with Crippen LogP contribution in [0.25, 0.3) is 0 Å². The summed E-state index contributed by atoms with van der Waals surface area (Å²) < 4.78 is 20.3. The third-order valence-electron chi connectivity index (χ3n) is 5.96. The van der Waals surface area contributed by atoms with E-state index in [-0.39, 0.29) is 24.6 Å². The highest BCUT2D eigenvalue weighted by atomic mass is 32.2. The molecule has 0 radical (unpaired) electrons. The first kappa shape index (κ1) is 26.8. The van der Waals surface area contributed by atoms with E-state index in [1.165, 1.54) is 41.3 Å². The normalized spacial score (nSPS) is 13.5. The van der Waals surface area contributed by atoms with Crippen molar-refractivity contribution in [1.29, 1.82) is 0 Å². The van der Waals surface area contributed by atoms with Gasteiger partial charge in [0, 0.05) is 17.5 Å². The minimum atomic E-state index is -0.535. The number of esters is 1. The van der Waals surface area contributed by atoms with E-state index in [9.17, 15) is 18.8 Å². The number of hydrogen-bond donors (Lipinski definition) is 2. The SMILES string of the molecule is CCOC(=O)c1c(NC(=O)C(C)Sc2nnc(CNC(=O)c3cccc(F)c3)n2C)sc2c1CCCC2. The van der Waals surface area contributed by atoms with Crippen LogP contribution in [0.1, 0.15) is 63.7 Å². The average molecular weight is 546 g/mol. The third kappa shape index (κ3) is 6.19. The van der Waals surface area contributed by atoms with Crippen molar-refractivity contribution < 1.29 is 23.5 Å². The zero-order chi connectivity index (χ0) is 26.5. The number of ether oxygens (including phenoxy) is 1. The van der Waals surface area contributed by atoms with Crippen LogP contribution in [0.4, 0.5) is 9.39 Å². The minimum absolute atomic E-state index is 0.0869. The molecule has 1 aromatic carbocycles. The van der Waals surface area contributed by atoms with E-state index in [2.05, 4.69) is 20.8 Å². The van der Waals surface area contributed by atoms with Gasteiger partial charge in [-0.3, -0.25) is 9.59 Å². The molecule has 2 heterocycles. The lowest BCUT2D eigenvalue weighted by Crippen LogP contribution is -2.25. The van der Waals surface area contributed by atoms with Crippen molar-refractivity contribution >= 4 is 45.9 Å². The topological polar surface area (TPSA) is 115 Å². The van der Waals surface area contributed by atoms with Crippen LogP contribution in [0, 0.1) is 5.82 Å². The van der Waals surface area contributed by atoms with E-state index in [4.69, 9.17) is 4.74 Å². The number of carbonyl (C=O) groups excluding carboxylic acids is 3. The Balaban J connectivity index is 1.40. The van der Waals surface area contributed by atoms with Gasteiger partial charge in [0.25, 0.3) is 5.91 Å². The molecule has 0 fully saturated rings. The van der Waals surface area contributed by atoms with Gasteiger partial charge in [0.1, 0.15) is 10.8 Å². The summed E-state index contributed by atoms with van der Waals surface area (Å²) >= 11 is 2.66. The predicted molar refractivity (Wildman–Crippen MR) is 139 cm³/mol. The van der Waals surface area contributed by atoms with Gasteiger partial charge >= 0.3 is 5.97 Å². The smallest absolute Gasteiger partial charge is 0.341 e. The van der Waals surface area contributed by atoms with Crippen molar-refractivity contribution in [2.24, 2.45) is 7.05 Å². The number of benzene rings is 1. The molecule has 37 heavy (non-hydrogen) atoms. The van der Waals surface area contributed by atoms with Gasteiger partial charge in [0.05, 0.1) is 24.0 Å². The van der Waals surface area contributed by atoms with Crippen molar-refractivity contribution in [3.63, 3.8) is 0 Å². The molecule has 1 aliphatic rings. The summed E-state index contributed by atoms with van der Waals surface area (Å²) in [6.07, 6.45) is 3.77. The standard InChI is InChI=1S/C25H28FN5O4S2/c1-4-35-24(34)20-17-10-5-6-11-18(17)37-23(20)28-21(32)14(2)36-25-30-29-19(31(25)3)13-27-22(33)15-8-7-9-16(26)12-15/h7-9,12,14H,4-6,10-11,13H2,1-3H3,(H,27,33)(H,28,32). The Morgan fingerprint density at radius 3 is 2.78 bits per heavy atom. The summed E-state index contributed by atoms with van der Waals surface area (Å²) in [5.41, 5.74) is 1.67. The number of fused-ring (bicyclic) bond motifs is 1. The molecule has 196 valence electrons. The molecule has 1 aliphatic carbocycles. The zero-order valence-electron chi connectivity index (χ0n) is 20.8. The van der Waals surface area contributed by atoms with Crippen LogP contribution in [0.2, 0.25) is 0 Å². The number of amides is 2. The first-order chi connectivity index (χ1) is 17.8. The highest BCUT2D eigenvalue weighted by Crippen LogP contribution is 2.39. The van der Waals surface area contributed by atoms with Gasteiger partial charge in [0.15, 0.2) is 11.0 Å². The summed E-state index contributed by atoms with van der Waals surface area (Å²) in [4.78, 5) is 39.1. The lowest BCUT2D eigenvalue weighted by atomic mass is 9.95. The molecule has 2 amide bonds. The molecule has 0 bridgehead atoms. The Kier molecular flexibility index (Phi) is 8.59. The lowest BCUT2D eigenvalue weighted by Gasteiger charge is -2.13. The Hall–Kier alpha value is -3.25. The monoisotopic (exact) mass is 545 g/mol. The number of nitrogens with zero attached hydrogens (tertiary/aromatic N) is 3. The lowest BCUT2D eigenvalue weighted by molar-refractivity contribution is -0.115. The quantitative estimate of drug-likeness (QED) is 0.307. The van der Waals surface area contributed by atoms with Crippen LogP contribution in [0.5, 0.6) is 0 Å². The van der Waals surface area contributed by atoms with E-state index < -0.39 is 22.9 Å². The Bertz CT molecular complexity index is 1320. The van der Waals surface area contributed by atoms with Crippen molar-refractivity contribution in [3.05, 3.63) is 57.5 Å². The number of rotatable bonds is 9. The molecule has 1 atom stereocenters. The largest absolute Gasteiger partial charge is 0.462 e. The highest BCUT2D eigenvalue weighted by Gasteiger charge is 2.28. The molecule has 3 aromatic rings. The molecule has 0 saturated carbocycles. The maximum Gasteiger partial charge on any atom is 0.341 e. The fourth-order valence-corrected chi connectivity index (χ4v) is 6.11. The van der Waals surface area contributed by atoms with Crippen LogP contribution in [0.15, 0.2) is 29.4 Å². The molecular weight excluding hydrogens is 517 g/mol. The number of nitrogens with one attached hydrogen (secondary N) is 2. The molecule has 0 spiro atoms. The van der Waals surface area contributed by atoms with Crippen LogP contribution < -0.4 is 10.6 Å². The molecule has 2 N–H and O–H groups in total. The van der Waals surface area contributed by atoms with Gasteiger partial charge in [-0.15, -0.1) is 21.5 Å². The maximum absolute atomic E-state index is 13.4. The number of anilines is 1. The van der Waals surface area contributed by atoms with E-state index in [0.29, 0.717) is 21.5 Å². The summed E-state index contributed by atoms with van der Waals surface area (Å²) in [7, 11) is 1.74. The Labute approximate surface area is 222 Å². The molecule has 0 saturated heterocycles. The van der Waals surface area contributed by atoms with E-state index >= 15 is 0 Å². The number of halogens is 1. The first-order valence-corrected chi connectivity index (χ1v) is 13.7. The second kappa shape index (κ2) is 11.9. The molecule has 2 aromatic heterocycles. The van der Waals surface area contributed by atoms with E-state index in [0.717, 1.165) is 42.2 Å². The maximum atomic E-state index is 13.4. The Morgan fingerprint density at radius 1 is 1.24 bits per heavy atom. The van der Waals surface area contributed by atoms with Gasteiger partial charge in [0.2, 0.25) is 5.91 Å². The highest BCUT2D eigenvalue weighted by molar-refractivity contribution is 8.00. The number of aryl methyl sites for hydroxylation is 1. The van der Waals surface area contributed by atoms with Crippen LogP contribution in [0.3, 0.4) is 0 Å². The second-order valence-corrected chi connectivity index (χ2v) is 10.9. The van der Waals surface area contributed by atoms with Gasteiger partial charge in [-0.1, -0.05) is 17.8 Å². The van der Waals surface area contributed by atoms with Crippen molar-refractivity contribution in [3.8, 4) is 0 Å². The summed E-state index contributed by atoms with van der Waals surface area (Å²) in [6.45, 7) is 3.86. The zero-order valence-corrected chi connectivity index (χ0v) is 22.4. The second-order valence-electron chi connectivity index (χ2n) is 8.54. The number of thioether (sulfide) groups is 1. The number of hydrogen-bond acceptors (Lipinski definition) is 8. The molecular formula is C25H28FN5O4S2. The summed E-state index contributed by atoms with van der Waals surface area (Å²) in [6, 6.07) is 5.42. The molecule has 0 aliphatic heterocycles. The summed E-state index contributed by atoms with van der Waals surface area (Å²) in [5, 5.41) is 14.4. The molecule has 12 heteroatoms. The van der Waals surface area contributed by atoms with Gasteiger partial charge < -0.3 is 19.9 Å². The van der Waals surface area contributed by atoms with Crippen LogP contribution in [-0.2, 0) is 36.0 Å². The molecule has 1 unspecified atom stereocenters. The fraction of sp³-hybridized carbons (Fsp3) is 0.400. The van der Waals surface area contributed by atoms with E-state index in [1.54, 1.807) is 25.5 Å². The van der Waals surface area contributed by atoms with Crippen molar-refractivity contribution in [2.75, 3.05) is 11.9 Å². The van der Waals surface area contributed by atoms with Gasteiger partial charge in [-0.05, 0) is 63.3 Å². The van der Waals surface area contributed by atoms with Crippen LogP contribution >= 0.6 is 23.1 Å². The minimum Gasteiger partial charge on any atom is -0.462 e. The number of thiophene rings is 1. The predicted octanol–water partition coefficient (Wildman–Crippen LogP) is 4.12. The Morgan fingerprint density at radius 2 is 2.03 bits per heavy atom. The first-order valence-electron chi connectivity index (χ1n) is 12.0. The third-order valence-corrected chi connectivity index (χ3v) is 8.30. The fourth-order valence-electron chi connectivity index (χ4n) is 3.99. The van der Waals surface area contributed by atoms with E-state index in [1.807, 2.05) is 0 Å². The average Bonchev–Trinajstić information content (AvgIpc) is 3.42. The van der Waals surface area contributed by atoms with Gasteiger partial charge in [-0.25, -0.2) is 9.18 Å². The van der Waals surface area contributed by atoms with Crippen molar-refractivity contribution in [2.45, 2.75) is 56.5 Å².